The molecule has 2 aromatic heterocycles. The summed E-state index contributed by atoms with van der Waals surface area (Å²) in [4.78, 5) is 25.1. The molecule has 128 valence electrons. The van der Waals surface area contributed by atoms with Crippen molar-refractivity contribution in [3.05, 3.63) is 76.7 Å². The zero-order valence-electron chi connectivity index (χ0n) is 13.7. The summed E-state index contributed by atoms with van der Waals surface area (Å²) in [6, 6.07) is 14.5. The van der Waals surface area contributed by atoms with Gasteiger partial charge in [0.1, 0.15) is 0 Å². The van der Waals surface area contributed by atoms with E-state index in [1.807, 2.05) is 46.6 Å². The number of anilines is 1. The summed E-state index contributed by atoms with van der Waals surface area (Å²) in [6.07, 6.45) is 4.25. The van der Waals surface area contributed by atoms with E-state index >= 15 is 0 Å². The molecule has 3 aromatic rings. The number of carbonyl (C=O) groups is 2. The van der Waals surface area contributed by atoms with Crippen LogP contribution in [0.25, 0.3) is 0 Å². The number of hydrogen-bond acceptors (Lipinski definition) is 4. The molecule has 25 heavy (non-hydrogen) atoms. The molecule has 0 bridgehead atoms. The van der Waals surface area contributed by atoms with Gasteiger partial charge in [0.15, 0.2) is 0 Å². The van der Waals surface area contributed by atoms with E-state index in [2.05, 4.69) is 10.1 Å². The second kappa shape index (κ2) is 7.81. The van der Waals surface area contributed by atoms with Crippen molar-refractivity contribution in [1.82, 2.24) is 4.57 Å². The standard InChI is InChI=1S/C19H18N2O3S/c1-24-19(23)14-6-8-15(9-7-14)20-18(22)13-16(17-5-4-12-25-17)21-10-2-3-11-21/h2-12,16H,13H2,1H3,(H,20,22)/t16-/m1/s1. The first-order chi connectivity index (χ1) is 12.2. The molecule has 0 aliphatic heterocycles. The second-order valence-electron chi connectivity index (χ2n) is 5.48. The lowest BCUT2D eigenvalue weighted by Gasteiger charge is -2.17. The number of amides is 1. The predicted octanol–water partition coefficient (Wildman–Crippen LogP) is 3.95. The molecule has 1 aromatic carbocycles. The van der Waals surface area contributed by atoms with Crippen molar-refractivity contribution >= 4 is 28.9 Å². The Kier molecular flexibility index (Phi) is 5.30. The van der Waals surface area contributed by atoms with E-state index in [9.17, 15) is 9.59 Å². The third-order valence-electron chi connectivity index (χ3n) is 3.83. The second-order valence-corrected chi connectivity index (χ2v) is 6.46. The Morgan fingerprint density at radius 2 is 1.84 bits per heavy atom. The van der Waals surface area contributed by atoms with Gasteiger partial charge in [-0.2, -0.15) is 0 Å². The molecule has 5 nitrogen and oxygen atoms in total. The average Bonchev–Trinajstić information content (AvgIpc) is 3.33. The summed E-state index contributed by atoms with van der Waals surface area (Å²) in [7, 11) is 1.34. The fourth-order valence-electron chi connectivity index (χ4n) is 2.58. The lowest BCUT2D eigenvalue weighted by molar-refractivity contribution is -0.116. The van der Waals surface area contributed by atoms with Crippen molar-refractivity contribution < 1.29 is 14.3 Å². The summed E-state index contributed by atoms with van der Waals surface area (Å²) in [5, 5.41) is 4.89. The van der Waals surface area contributed by atoms with Gasteiger partial charge >= 0.3 is 5.97 Å². The molecule has 2 heterocycles. The summed E-state index contributed by atoms with van der Waals surface area (Å²) < 4.78 is 6.70. The zero-order valence-corrected chi connectivity index (χ0v) is 14.5. The third-order valence-corrected chi connectivity index (χ3v) is 4.80. The van der Waals surface area contributed by atoms with Crippen LogP contribution >= 0.6 is 11.3 Å². The zero-order chi connectivity index (χ0) is 17.6. The van der Waals surface area contributed by atoms with Crippen molar-refractivity contribution in [1.29, 1.82) is 0 Å². The molecule has 1 atom stereocenters. The summed E-state index contributed by atoms with van der Waals surface area (Å²) >= 11 is 1.63. The van der Waals surface area contributed by atoms with Crippen LogP contribution in [-0.2, 0) is 9.53 Å². The monoisotopic (exact) mass is 354 g/mol. The number of rotatable bonds is 6. The highest BCUT2D eigenvalue weighted by Crippen LogP contribution is 2.27. The van der Waals surface area contributed by atoms with Crippen LogP contribution in [0, 0.1) is 0 Å². The largest absolute Gasteiger partial charge is 0.465 e. The maximum Gasteiger partial charge on any atom is 0.337 e. The minimum atomic E-state index is -0.400. The number of nitrogens with one attached hydrogen (secondary N) is 1. The molecule has 1 N–H and O–H groups in total. The number of esters is 1. The fourth-order valence-corrected chi connectivity index (χ4v) is 3.42. The van der Waals surface area contributed by atoms with Gasteiger partial charge in [-0.05, 0) is 47.8 Å². The van der Waals surface area contributed by atoms with Crippen LogP contribution in [0.4, 0.5) is 5.69 Å². The summed E-state index contributed by atoms with van der Waals surface area (Å²) in [6.45, 7) is 0. The van der Waals surface area contributed by atoms with Crippen molar-refractivity contribution in [3.63, 3.8) is 0 Å². The smallest absolute Gasteiger partial charge is 0.337 e. The Hall–Kier alpha value is -2.86. The molecule has 0 aliphatic rings. The third kappa shape index (κ3) is 4.16. The Bertz CT molecular complexity index is 790. The maximum absolute atomic E-state index is 12.5. The van der Waals surface area contributed by atoms with Gasteiger partial charge in [-0.15, -0.1) is 11.3 Å². The first kappa shape index (κ1) is 17.0. The van der Waals surface area contributed by atoms with Crippen LogP contribution in [0.5, 0.6) is 0 Å². The van der Waals surface area contributed by atoms with Crippen LogP contribution in [0.2, 0.25) is 0 Å². The molecule has 0 saturated heterocycles. The quantitative estimate of drug-likeness (QED) is 0.682. The van der Waals surface area contributed by atoms with E-state index in [0.717, 1.165) is 4.88 Å². The van der Waals surface area contributed by atoms with Crippen molar-refractivity contribution in [2.75, 3.05) is 12.4 Å². The highest BCUT2D eigenvalue weighted by Gasteiger charge is 2.18. The van der Waals surface area contributed by atoms with Gasteiger partial charge in [0.25, 0.3) is 0 Å². The molecule has 0 radical (unpaired) electrons. The van der Waals surface area contributed by atoms with Crippen LogP contribution in [0.15, 0.2) is 66.3 Å². The first-order valence-electron chi connectivity index (χ1n) is 7.81. The summed E-state index contributed by atoms with van der Waals surface area (Å²) in [5.41, 5.74) is 1.10. The number of methoxy groups -OCH3 is 1. The van der Waals surface area contributed by atoms with Gasteiger partial charge in [-0.3, -0.25) is 4.79 Å². The lowest BCUT2D eigenvalue weighted by atomic mass is 10.1. The predicted molar refractivity (Wildman–Crippen MR) is 97.9 cm³/mol. The van der Waals surface area contributed by atoms with Crippen LogP contribution in [0.1, 0.15) is 27.7 Å². The van der Waals surface area contributed by atoms with Gasteiger partial charge in [0.05, 0.1) is 25.1 Å². The minimum absolute atomic E-state index is 0.0376. The van der Waals surface area contributed by atoms with Crippen LogP contribution in [0.3, 0.4) is 0 Å². The van der Waals surface area contributed by atoms with Crippen LogP contribution in [-0.4, -0.2) is 23.6 Å². The summed E-state index contributed by atoms with van der Waals surface area (Å²) in [5.74, 6) is -0.485. The highest BCUT2D eigenvalue weighted by atomic mass is 32.1. The van der Waals surface area contributed by atoms with Crippen LogP contribution < -0.4 is 5.32 Å². The van der Waals surface area contributed by atoms with E-state index in [-0.39, 0.29) is 11.9 Å². The highest BCUT2D eigenvalue weighted by molar-refractivity contribution is 7.10. The number of ether oxygens (including phenoxy) is 1. The topological polar surface area (TPSA) is 60.3 Å². The van der Waals surface area contributed by atoms with Crippen molar-refractivity contribution in [2.45, 2.75) is 12.5 Å². The molecule has 1 amide bonds. The average molecular weight is 354 g/mol. The SMILES string of the molecule is COC(=O)c1ccc(NC(=O)C[C@H](c2cccs2)n2cccc2)cc1. The molecule has 0 spiro atoms. The normalized spacial score (nSPS) is 11.7. The van der Waals surface area contributed by atoms with Gasteiger partial charge < -0.3 is 14.6 Å². The Labute approximate surface area is 149 Å². The number of nitrogens with zero attached hydrogens (tertiary/aromatic N) is 1. The fraction of sp³-hybridized carbons (Fsp3) is 0.158. The number of aromatic nitrogens is 1. The van der Waals surface area contributed by atoms with Gasteiger partial charge in [0, 0.05) is 23.0 Å². The van der Waals surface area contributed by atoms with Gasteiger partial charge in [0.2, 0.25) is 5.91 Å². The molecule has 6 heteroatoms. The first-order valence-corrected chi connectivity index (χ1v) is 8.69. The van der Waals surface area contributed by atoms with Crippen molar-refractivity contribution in [2.24, 2.45) is 0 Å². The number of benzene rings is 1. The number of thiophene rings is 1. The Balaban J connectivity index is 1.69. The number of hydrogen-bond donors (Lipinski definition) is 1. The van der Waals surface area contributed by atoms with Crippen molar-refractivity contribution in [3.8, 4) is 0 Å². The van der Waals surface area contributed by atoms with Gasteiger partial charge in [-0.25, -0.2) is 4.79 Å². The Morgan fingerprint density at radius 1 is 1.12 bits per heavy atom. The molecular formula is C19H18N2O3S. The van der Waals surface area contributed by atoms with E-state index in [0.29, 0.717) is 17.7 Å². The van der Waals surface area contributed by atoms with Gasteiger partial charge in [-0.1, -0.05) is 6.07 Å². The van der Waals surface area contributed by atoms with E-state index in [1.165, 1.54) is 7.11 Å². The molecule has 3 rings (SSSR count). The molecule has 0 fully saturated rings. The minimum Gasteiger partial charge on any atom is -0.465 e. The molecule has 0 saturated carbocycles. The number of carbonyl (C=O) groups excluding carboxylic acids is 2. The van der Waals surface area contributed by atoms with E-state index in [1.54, 1.807) is 35.6 Å². The molecular weight excluding hydrogens is 336 g/mol. The molecule has 0 aliphatic carbocycles. The van der Waals surface area contributed by atoms with E-state index < -0.39 is 5.97 Å². The van der Waals surface area contributed by atoms with E-state index in [4.69, 9.17) is 0 Å². The lowest BCUT2D eigenvalue weighted by Crippen LogP contribution is -2.19. The molecule has 0 unspecified atom stereocenters. The maximum atomic E-state index is 12.5. The Morgan fingerprint density at radius 3 is 2.44 bits per heavy atom.